The maximum atomic E-state index is 11.1. The van der Waals surface area contributed by atoms with Gasteiger partial charge in [0.05, 0.1) is 23.2 Å². The highest BCUT2D eigenvalue weighted by Gasteiger charge is 2.22. The van der Waals surface area contributed by atoms with Gasteiger partial charge in [0.25, 0.3) is 0 Å². The molecule has 0 atom stereocenters. The lowest BCUT2D eigenvalue weighted by Crippen LogP contribution is -2.34. The van der Waals surface area contributed by atoms with Gasteiger partial charge in [-0.15, -0.1) is 11.3 Å². The first-order chi connectivity index (χ1) is 16.0. The first kappa shape index (κ1) is 22.4. The van der Waals surface area contributed by atoms with Crippen LogP contribution >= 0.6 is 34.3 Å². The number of ether oxygens (including phenoxy) is 1. The van der Waals surface area contributed by atoms with Crippen LogP contribution in [-0.2, 0) is 11.2 Å². The number of carbonyl (C=O) groups is 1. The molecular formula is C25H25ClN2O3S2. The number of nitrogens with zero attached hydrogens (tertiary/aromatic N) is 2. The van der Waals surface area contributed by atoms with Crippen molar-refractivity contribution in [1.82, 2.24) is 4.98 Å². The zero-order chi connectivity index (χ0) is 22.9. The predicted molar refractivity (Wildman–Crippen MR) is 138 cm³/mol. The number of hydrogen-bond acceptors (Lipinski definition) is 6. The van der Waals surface area contributed by atoms with Crippen molar-refractivity contribution < 1.29 is 14.6 Å². The zero-order valence-corrected chi connectivity index (χ0v) is 20.7. The molecule has 2 aromatic carbocycles. The van der Waals surface area contributed by atoms with Crippen LogP contribution in [0.15, 0.2) is 35.7 Å². The van der Waals surface area contributed by atoms with E-state index in [0.717, 1.165) is 79.7 Å². The van der Waals surface area contributed by atoms with Crippen LogP contribution in [0.1, 0.15) is 30.4 Å². The maximum Gasteiger partial charge on any atom is 0.307 e. The number of aliphatic carboxylic acids is 1. The molecule has 1 aliphatic rings. The zero-order valence-electron chi connectivity index (χ0n) is 18.3. The van der Waals surface area contributed by atoms with Gasteiger partial charge in [-0.25, -0.2) is 4.98 Å². The first-order valence-corrected chi connectivity index (χ1v) is 13.2. The lowest BCUT2D eigenvalue weighted by Gasteiger charge is -2.31. The van der Waals surface area contributed by atoms with Crippen LogP contribution in [0.2, 0.25) is 5.02 Å². The number of hydrogen-bond donors (Lipinski definition) is 1. The fraction of sp³-hybridized carbons (Fsp3) is 0.360. The molecule has 0 aliphatic carbocycles. The van der Waals surface area contributed by atoms with E-state index in [2.05, 4.69) is 11.8 Å². The van der Waals surface area contributed by atoms with Crippen LogP contribution in [-0.4, -0.2) is 35.8 Å². The number of halogens is 1. The second-order valence-corrected chi connectivity index (χ2v) is 10.9. The summed E-state index contributed by atoms with van der Waals surface area (Å²) in [7, 11) is 0. The lowest BCUT2D eigenvalue weighted by atomic mass is 9.94. The van der Waals surface area contributed by atoms with Crippen LogP contribution in [0, 0.1) is 12.8 Å². The summed E-state index contributed by atoms with van der Waals surface area (Å²) in [4.78, 5) is 18.3. The fourth-order valence-corrected chi connectivity index (χ4v) is 6.87. The number of thiazole rings is 1. The Morgan fingerprint density at radius 3 is 2.88 bits per heavy atom. The molecule has 0 bridgehead atoms. The average molecular weight is 501 g/mol. The third-order valence-electron chi connectivity index (χ3n) is 6.37. The van der Waals surface area contributed by atoms with Crippen molar-refractivity contribution in [3.05, 3.63) is 51.9 Å². The van der Waals surface area contributed by atoms with Gasteiger partial charge < -0.3 is 14.7 Å². The number of benzene rings is 2. The minimum atomic E-state index is -0.800. The van der Waals surface area contributed by atoms with Gasteiger partial charge >= 0.3 is 5.97 Å². The second kappa shape index (κ2) is 9.49. The maximum absolute atomic E-state index is 11.1. The topological polar surface area (TPSA) is 62.7 Å². The molecule has 5 rings (SSSR count). The van der Waals surface area contributed by atoms with Gasteiger partial charge in [0.15, 0.2) is 5.13 Å². The molecule has 1 fully saturated rings. The minimum absolute atomic E-state index is 0.0586. The quantitative estimate of drug-likeness (QED) is 0.303. The first-order valence-electron chi connectivity index (χ1n) is 11.1. The van der Waals surface area contributed by atoms with Gasteiger partial charge in [-0.05, 0) is 78.8 Å². The second-order valence-electron chi connectivity index (χ2n) is 8.57. The Hall–Kier alpha value is -2.35. The molecule has 5 nitrogen and oxygen atoms in total. The van der Waals surface area contributed by atoms with Crippen LogP contribution in [0.4, 0.5) is 5.13 Å². The Morgan fingerprint density at radius 2 is 2.09 bits per heavy atom. The Kier molecular flexibility index (Phi) is 6.45. The van der Waals surface area contributed by atoms with Gasteiger partial charge in [0, 0.05) is 28.4 Å². The van der Waals surface area contributed by atoms with Crippen molar-refractivity contribution in [2.24, 2.45) is 5.92 Å². The molecule has 172 valence electrons. The summed E-state index contributed by atoms with van der Waals surface area (Å²) in [6.45, 7) is 4.79. The summed E-state index contributed by atoms with van der Waals surface area (Å²) < 4.78 is 8.41. The van der Waals surface area contributed by atoms with Gasteiger partial charge in [0.2, 0.25) is 0 Å². The van der Waals surface area contributed by atoms with Crippen molar-refractivity contribution >= 4 is 65.7 Å². The number of aryl methyl sites for hydroxylation is 1. The van der Waals surface area contributed by atoms with Crippen molar-refractivity contribution in [1.29, 1.82) is 0 Å². The number of piperidine rings is 1. The van der Waals surface area contributed by atoms with Crippen LogP contribution in [0.25, 0.3) is 20.3 Å². The molecule has 0 unspecified atom stereocenters. The number of aromatic nitrogens is 1. The van der Waals surface area contributed by atoms with Crippen LogP contribution in [0.3, 0.4) is 0 Å². The summed E-state index contributed by atoms with van der Waals surface area (Å²) in [6, 6.07) is 9.86. The predicted octanol–water partition coefficient (Wildman–Crippen LogP) is 6.79. The molecule has 1 aliphatic heterocycles. The molecule has 1 N–H and O–H groups in total. The number of carboxylic acids is 1. The Labute approximate surface area is 205 Å². The summed E-state index contributed by atoms with van der Waals surface area (Å²) >= 11 is 9.43. The van der Waals surface area contributed by atoms with Crippen molar-refractivity contribution in [3.8, 4) is 5.75 Å². The highest BCUT2D eigenvalue weighted by atomic mass is 35.5. The molecule has 3 heterocycles. The number of anilines is 1. The number of fused-ring (bicyclic) bond motifs is 2. The van der Waals surface area contributed by atoms with E-state index < -0.39 is 5.97 Å². The van der Waals surface area contributed by atoms with E-state index in [4.69, 9.17) is 26.4 Å². The monoisotopic (exact) mass is 500 g/mol. The third kappa shape index (κ3) is 4.81. The highest BCUT2D eigenvalue weighted by molar-refractivity contribution is 7.22. The number of carboxylic acid groups (broad SMARTS) is 1. The van der Waals surface area contributed by atoms with E-state index in [1.807, 2.05) is 35.7 Å². The van der Waals surface area contributed by atoms with E-state index in [-0.39, 0.29) is 6.42 Å². The SMILES string of the molecule is Cc1c(OCCC2CCN(c3nc4ccc(Cl)cc4s3)CC2)ccc2c(CC(=O)O)csc12. The van der Waals surface area contributed by atoms with Gasteiger partial charge in [-0.2, -0.15) is 0 Å². The largest absolute Gasteiger partial charge is 0.493 e. The molecule has 0 amide bonds. The summed E-state index contributed by atoms with van der Waals surface area (Å²) in [6.07, 6.45) is 3.38. The Balaban J connectivity index is 1.15. The van der Waals surface area contributed by atoms with E-state index >= 15 is 0 Å². The molecule has 33 heavy (non-hydrogen) atoms. The van der Waals surface area contributed by atoms with Crippen molar-refractivity contribution in [2.45, 2.75) is 32.6 Å². The molecular weight excluding hydrogens is 476 g/mol. The fourth-order valence-electron chi connectivity index (χ4n) is 4.50. The highest BCUT2D eigenvalue weighted by Crippen LogP contribution is 2.36. The Morgan fingerprint density at radius 1 is 1.27 bits per heavy atom. The van der Waals surface area contributed by atoms with Gasteiger partial charge in [-0.3, -0.25) is 4.79 Å². The van der Waals surface area contributed by atoms with Crippen molar-refractivity contribution in [3.63, 3.8) is 0 Å². The minimum Gasteiger partial charge on any atom is -0.493 e. The van der Waals surface area contributed by atoms with E-state index in [1.165, 1.54) is 0 Å². The van der Waals surface area contributed by atoms with E-state index in [9.17, 15) is 4.79 Å². The summed E-state index contributed by atoms with van der Waals surface area (Å²) in [5.74, 6) is 0.751. The molecule has 4 aromatic rings. The molecule has 0 radical (unpaired) electrons. The smallest absolute Gasteiger partial charge is 0.307 e. The standard InChI is InChI=1S/C25H25ClN2O3S2/c1-15-21(5-3-19-17(12-23(29)30)14-32-24(15)19)31-11-8-16-6-9-28(10-7-16)25-27-20-4-2-18(26)13-22(20)33-25/h2-5,13-14,16H,6-12H2,1H3,(H,29,30). The molecule has 0 saturated carbocycles. The normalized spacial score (nSPS) is 14.9. The van der Waals surface area contributed by atoms with E-state index in [0.29, 0.717) is 12.5 Å². The molecule has 1 saturated heterocycles. The summed E-state index contributed by atoms with van der Waals surface area (Å²) in [5, 5.41) is 13.9. The lowest BCUT2D eigenvalue weighted by molar-refractivity contribution is -0.136. The number of thiophene rings is 1. The van der Waals surface area contributed by atoms with Gasteiger partial charge in [-0.1, -0.05) is 22.9 Å². The average Bonchev–Trinajstić information content (AvgIpc) is 3.40. The molecule has 0 spiro atoms. The third-order valence-corrected chi connectivity index (χ3v) is 8.85. The van der Waals surface area contributed by atoms with Crippen LogP contribution in [0.5, 0.6) is 5.75 Å². The van der Waals surface area contributed by atoms with E-state index in [1.54, 1.807) is 22.7 Å². The van der Waals surface area contributed by atoms with Crippen LogP contribution < -0.4 is 9.64 Å². The van der Waals surface area contributed by atoms with Crippen molar-refractivity contribution in [2.75, 3.05) is 24.6 Å². The number of rotatable bonds is 7. The molecule has 2 aromatic heterocycles. The molecule has 8 heteroatoms. The Bertz CT molecular complexity index is 1310. The summed E-state index contributed by atoms with van der Waals surface area (Å²) in [5.41, 5.74) is 2.99. The van der Waals surface area contributed by atoms with Gasteiger partial charge in [0.1, 0.15) is 5.75 Å².